The molecule has 6 heavy (non-hydrogen) atoms. The normalized spacial score (nSPS) is 13.8. The van der Waals surface area contributed by atoms with Crippen LogP contribution in [0, 0.1) is 0 Å². The Morgan fingerprint density at radius 1 is 2.00 bits per heavy atom. The molecule has 0 spiro atoms. The molecular weight excluding hydrogens is 98.1 g/mol. The van der Waals surface area contributed by atoms with Crippen LogP contribution in [0.2, 0.25) is 0 Å². The highest BCUT2D eigenvalue weighted by Gasteiger charge is 1.96. The number of hydrogen-bond donors (Lipinski definition) is 2. The summed E-state index contributed by atoms with van der Waals surface area (Å²) in [5.41, 5.74) is 5.01. The van der Waals surface area contributed by atoms with Crippen LogP contribution in [0.5, 0.6) is 0 Å². The SMILES string of the molecule is C[C@@H](N)C(=O)S. The van der Waals surface area contributed by atoms with E-state index in [0.29, 0.717) is 0 Å². The van der Waals surface area contributed by atoms with E-state index in [2.05, 4.69) is 12.6 Å². The molecule has 36 valence electrons. The molecule has 0 bridgehead atoms. The Kier molecular flexibility index (Phi) is 2.20. The monoisotopic (exact) mass is 105 g/mol. The molecule has 1 atom stereocenters. The molecule has 3 heteroatoms. The van der Waals surface area contributed by atoms with Crippen LogP contribution in [0.15, 0.2) is 0 Å². The minimum Gasteiger partial charge on any atom is -0.321 e. The van der Waals surface area contributed by atoms with Gasteiger partial charge < -0.3 is 5.73 Å². The minimum absolute atomic E-state index is 0.269. The topological polar surface area (TPSA) is 43.1 Å². The summed E-state index contributed by atoms with van der Waals surface area (Å²) in [5.74, 6) is 0. The number of hydrogen-bond acceptors (Lipinski definition) is 2. The van der Waals surface area contributed by atoms with E-state index in [1.165, 1.54) is 0 Å². The Labute approximate surface area is 42.1 Å². The molecule has 0 aromatic heterocycles. The maximum absolute atomic E-state index is 9.88. The third-order valence-electron chi connectivity index (χ3n) is 0.390. The summed E-state index contributed by atoms with van der Waals surface area (Å²) < 4.78 is 0. The maximum atomic E-state index is 9.88. The molecule has 0 rings (SSSR count). The average molecular weight is 105 g/mol. The second kappa shape index (κ2) is 2.21. The first-order chi connectivity index (χ1) is 2.64. The molecule has 0 aliphatic heterocycles. The van der Waals surface area contributed by atoms with Crippen molar-refractivity contribution in [2.24, 2.45) is 5.73 Å². The molecule has 0 fully saturated rings. The molecule has 0 saturated carbocycles. The van der Waals surface area contributed by atoms with Crippen LogP contribution >= 0.6 is 12.6 Å². The number of carbonyl (C=O) groups excluding carboxylic acids is 1. The molecule has 0 aliphatic rings. The van der Waals surface area contributed by atoms with Gasteiger partial charge in [0.2, 0.25) is 5.12 Å². The quantitative estimate of drug-likeness (QED) is 0.453. The second-order valence-electron chi connectivity index (χ2n) is 1.13. The zero-order valence-electron chi connectivity index (χ0n) is 3.51. The molecule has 0 heterocycles. The average Bonchev–Trinajstić information content (AvgIpc) is 1.36. The number of rotatable bonds is 1. The van der Waals surface area contributed by atoms with Crippen molar-refractivity contribution in [3.8, 4) is 0 Å². The maximum Gasteiger partial charge on any atom is 0.202 e. The van der Waals surface area contributed by atoms with Crippen LogP contribution in [0.25, 0.3) is 0 Å². The lowest BCUT2D eigenvalue weighted by molar-refractivity contribution is -0.111. The first-order valence-electron chi connectivity index (χ1n) is 1.63. The van der Waals surface area contributed by atoms with Crippen molar-refractivity contribution in [3.63, 3.8) is 0 Å². The van der Waals surface area contributed by atoms with Crippen molar-refractivity contribution in [1.29, 1.82) is 0 Å². The van der Waals surface area contributed by atoms with Crippen LogP contribution in [0.1, 0.15) is 6.92 Å². The van der Waals surface area contributed by atoms with Crippen molar-refractivity contribution < 1.29 is 4.79 Å². The van der Waals surface area contributed by atoms with E-state index in [0.717, 1.165) is 0 Å². The molecular formula is C3H7NOS. The van der Waals surface area contributed by atoms with E-state index >= 15 is 0 Å². The largest absolute Gasteiger partial charge is 0.321 e. The van der Waals surface area contributed by atoms with Gasteiger partial charge in [0.05, 0.1) is 6.04 Å². The van der Waals surface area contributed by atoms with Gasteiger partial charge in [0.15, 0.2) is 0 Å². The van der Waals surface area contributed by atoms with Gasteiger partial charge in [-0.1, -0.05) is 0 Å². The zero-order valence-corrected chi connectivity index (χ0v) is 4.40. The van der Waals surface area contributed by atoms with Gasteiger partial charge >= 0.3 is 0 Å². The van der Waals surface area contributed by atoms with Crippen LogP contribution in [-0.2, 0) is 4.79 Å². The van der Waals surface area contributed by atoms with Crippen molar-refractivity contribution >= 4 is 17.7 Å². The summed E-state index contributed by atoms with van der Waals surface area (Å²) >= 11 is 3.43. The summed E-state index contributed by atoms with van der Waals surface area (Å²) in [6.45, 7) is 1.59. The molecule has 0 saturated heterocycles. The fraction of sp³-hybridized carbons (Fsp3) is 0.667. The van der Waals surface area contributed by atoms with Crippen LogP contribution in [-0.4, -0.2) is 11.2 Å². The van der Waals surface area contributed by atoms with E-state index in [9.17, 15) is 4.79 Å². The van der Waals surface area contributed by atoms with Crippen molar-refractivity contribution in [2.75, 3.05) is 0 Å². The first kappa shape index (κ1) is 5.98. The van der Waals surface area contributed by atoms with Gasteiger partial charge in [-0.2, -0.15) is 0 Å². The number of nitrogens with two attached hydrogens (primary N) is 1. The van der Waals surface area contributed by atoms with Gasteiger partial charge in [0.1, 0.15) is 0 Å². The Morgan fingerprint density at radius 2 is 2.17 bits per heavy atom. The van der Waals surface area contributed by atoms with Crippen LogP contribution in [0.4, 0.5) is 0 Å². The standard InChI is InChI=1S/C3H7NOS/c1-2(4)3(5)6/h2H,4H2,1H3,(H,5,6)/t2-/m1/s1. The smallest absolute Gasteiger partial charge is 0.202 e. The van der Waals surface area contributed by atoms with Crippen LogP contribution in [0.3, 0.4) is 0 Å². The zero-order chi connectivity index (χ0) is 5.15. The van der Waals surface area contributed by atoms with E-state index in [4.69, 9.17) is 5.73 Å². The highest BCUT2D eigenvalue weighted by Crippen LogP contribution is 1.80. The fourth-order valence-electron chi connectivity index (χ4n) is 0. The molecule has 2 N–H and O–H groups in total. The number of thiol groups is 1. The van der Waals surface area contributed by atoms with Gasteiger partial charge in [-0.25, -0.2) is 0 Å². The molecule has 0 aromatic rings. The van der Waals surface area contributed by atoms with Crippen molar-refractivity contribution in [3.05, 3.63) is 0 Å². The number of carbonyl (C=O) groups is 1. The molecule has 0 amide bonds. The lowest BCUT2D eigenvalue weighted by atomic mass is 10.4. The summed E-state index contributed by atoms with van der Waals surface area (Å²) in [7, 11) is 0. The van der Waals surface area contributed by atoms with Crippen LogP contribution < -0.4 is 5.73 Å². The second-order valence-corrected chi connectivity index (χ2v) is 1.57. The molecule has 0 radical (unpaired) electrons. The molecule has 0 unspecified atom stereocenters. The summed E-state index contributed by atoms with van der Waals surface area (Å²) in [6.07, 6.45) is 0. The van der Waals surface area contributed by atoms with E-state index in [1.54, 1.807) is 6.92 Å². The Morgan fingerprint density at radius 3 is 2.17 bits per heavy atom. The fourth-order valence-corrected chi connectivity index (χ4v) is 0. The molecule has 0 aliphatic carbocycles. The van der Waals surface area contributed by atoms with Gasteiger partial charge in [-0.15, -0.1) is 12.6 Å². The van der Waals surface area contributed by atoms with Gasteiger partial charge in [-0.05, 0) is 6.92 Å². The van der Waals surface area contributed by atoms with E-state index in [-0.39, 0.29) is 5.12 Å². The van der Waals surface area contributed by atoms with Gasteiger partial charge in [0, 0.05) is 0 Å². The minimum atomic E-state index is -0.423. The summed E-state index contributed by atoms with van der Waals surface area (Å²) in [6, 6.07) is -0.423. The van der Waals surface area contributed by atoms with Gasteiger partial charge in [0.25, 0.3) is 0 Å². The first-order valence-corrected chi connectivity index (χ1v) is 2.07. The highest BCUT2D eigenvalue weighted by atomic mass is 32.1. The third-order valence-corrected chi connectivity index (χ3v) is 0.797. The molecule has 2 nitrogen and oxygen atoms in total. The highest BCUT2D eigenvalue weighted by molar-refractivity contribution is 7.96. The Bertz CT molecular complexity index is 61.8. The lowest BCUT2D eigenvalue weighted by Gasteiger charge is -1.90. The predicted molar refractivity (Wildman–Crippen MR) is 27.6 cm³/mol. The Hall–Kier alpha value is -0.0200. The molecule has 0 aromatic carbocycles. The Balaban J connectivity index is 3.26. The van der Waals surface area contributed by atoms with E-state index < -0.39 is 6.04 Å². The third kappa shape index (κ3) is 2.23. The predicted octanol–water partition coefficient (Wildman–Crippen LogP) is -0.210. The van der Waals surface area contributed by atoms with E-state index in [1.807, 2.05) is 0 Å². The van der Waals surface area contributed by atoms with Crippen molar-refractivity contribution in [2.45, 2.75) is 13.0 Å². The summed E-state index contributed by atoms with van der Waals surface area (Å²) in [4.78, 5) is 9.88. The van der Waals surface area contributed by atoms with Crippen molar-refractivity contribution in [1.82, 2.24) is 0 Å². The summed E-state index contributed by atoms with van der Waals surface area (Å²) in [5, 5.41) is -0.269. The lowest BCUT2D eigenvalue weighted by Crippen LogP contribution is -2.21. The van der Waals surface area contributed by atoms with Gasteiger partial charge in [-0.3, -0.25) is 4.79 Å².